The summed E-state index contributed by atoms with van der Waals surface area (Å²) < 4.78 is 5.17. The first-order chi connectivity index (χ1) is 9.76. The zero-order valence-electron chi connectivity index (χ0n) is 11.1. The van der Waals surface area contributed by atoms with Crippen molar-refractivity contribution in [1.82, 2.24) is 15.3 Å². The van der Waals surface area contributed by atoms with Gasteiger partial charge in [0.15, 0.2) is 0 Å². The number of anilines is 2. The number of halogens is 1. The van der Waals surface area contributed by atoms with Crippen molar-refractivity contribution in [2.75, 3.05) is 19.0 Å². The summed E-state index contributed by atoms with van der Waals surface area (Å²) in [5, 5.41) is 7.29. The van der Waals surface area contributed by atoms with E-state index < -0.39 is 0 Å². The van der Waals surface area contributed by atoms with Gasteiger partial charge in [0, 0.05) is 22.8 Å². The van der Waals surface area contributed by atoms with Crippen molar-refractivity contribution in [2.24, 2.45) is 0 Å². The van der Waals surface area contributed by atoms with E-state index in [2.05, 4.69) is 20.6 Å². The second kappa shape index (κ2) is 5.64. The minimum Gasteiger partial charge on any atom is -0.467 e. The average molecular weight is 291 g/mol. The molecule has 0 saturated heterocycles. The van der Waals surface area contributed by atoms with Crippen LogP contribution < -0.4 is 15.4 Å². The molecule has 0 fully saturated rings. The molecule has 1 aliphatic rings. The fourth-order valence-corrected chi connectivity index (χ4v) is 2.42. The maximum atomic E-state index is 6.01. The lowest BCUT2D eigenvalue weighted by Crippen LogP contribution is -2.26. The van der Waals surface area contributed by atoms with Crippen molar-refractivity contribution in [3.05, 3.63) is 40.5 Å². The first kappa shape index (κ1) is 13.1. The molecule has 1 aromatic carbocycles. The zero-order chi connectivity index (χ0) is 13.9. The summed E-state index contributed by atoms with van der Waals surface area (Å²) in [7, 11) is 1.57. The molecule has 0 saturated carbocycles. The number of benzene rings is 1. The predicted molar refractivity (Wildman–Crippen MR) is 78.7 cm³/mol. The van der Waals surface area contributed by atoms with Crippen molar-refractivity contribution >= 4 is 23.1 Å². The van der Waals surface area contributed by atoms with Crippen LogP contribution in [0.5, 0.6) is 6.01 Å². The Bertz CT molecular complexity index is 633. The van der Waals surface area contributed by atoms with Gasteiger partial charge in [0.2, 0.25) is 0 Å². The molecule has 0 atom stereocenters. The quantitative estimate of drug-likeness (QED) is 0.910. The number of aromatic nitrogens is 2. The van der Waals surface area contributed by atoms with Gasteiger partial charge < -0.3 is 15.4 Å². The molecule has 0 aliphatic carbocycles. The Morgan fingerprint density at radius 2 is 2.25 bits per heavy atom. The van der Waals surface area contributed by atoms with Crippen molar-refractivity contribution in [2.45, 2.75) is 13.0 Å². The van der Waals surface area contributed by atoms with E-state index in [1.807, 2.05) is 24.3 Å². The SMILES string of the molecule is COc1nc2c(c(Nc3cccc(Cl)c3)n1)CCNC2. The van der Waals surface area contributed by atoms with Crippen molar-refractivity contribution in [3.8, 4) is 6.01 Å². The lowest BCUT2D eigenvalue weighted by Gasteiger charge is -2.20. The second-order valence-corrected chi connectivity index (χ2v) is 4.98. The third-order valence-corrected chi connectivity index (χ3v) is 3.42. The highest BCUT2D eigenvalue weighted by molar-refractivity contribution is 6.30. The first-order valence-corrected chi connectivity index (χ1v) is 6.81. The number of ether oxygens (including phenoxy) is 1. The van der Waals surface area contributed by atoms with Crippen LogP contribution in [0.25, 0.3) is 0 Å². The molecule has 1 aromatic heterocycles. The first-order valence-electron chi connectivity index (χ1n) is 6.43. The Kier molecular flexibility index (Phi) is 3.71. The summed E-state index contributed by atoms with van der Waals surface area (Å²) in [6.45, 7) is 1.66. The maximum absolute atomic E-state index is 6.01. The van der Waals surface area contributed by atoms with Crippen LogP contribution in [0.15, 0.2) is 24.3 Å². The van der Waals surface area contributed by atoms with Crippen LogP contribution in [0.1, 0.15) is 11.3 Å². The molecular weight excluding hydrogens is 276 g/mol. The molecule has 5 nitrogen and oxygen atoms in total. The number of hydrogen-bond acceptors (Lipinski definition) is 5. The van der Waals surface area contributed by atoms with Gasteiger partial charge in [-0.15, -0.1) is 0 Å². The van der Waals surface area contributed by atoms with E-state index in [0.29, 0.717) is 11.0 Å². The van der Waals surface area contributed by atoms with Gasteiger partial charge in [-0.25, -0.2) is 0 Å². The summed E-state index contributed by atoms with van der Waals surface area (Å²) in [5.41, 5.74) is 3.01. The number of nitrogens with zero attached hydrogens (tertiary/aromatic N) is 2. The van der Waals surface area contributed by atoms with Gasteiger partial charge >= 0.3 is 6.01 Å². The largest absolute Gasteiger partial charge is 0.467 e. The molecule has 2 heterocycles. The highest BCUT2D eigenvalue weighted by Gasteiger charge is 2.18. The van der Waals surface area contributed by atoms with E-state index >= 15 is 0 Å². The Hall–Kier alpha value is -1.85. The summed E-state index contributed by atoms with van der Waals surface area (Å²) in [4.78, 5) is 8.80. The minimum absolute atomic E-state index is 0.372. The second-order valence-electron chi connectivity index (χ2n) is 4.55. The summed E-state index contributed by atoms with van der Waals surface area (Å²) >= 11 is 6.01. The van der Waals surface area contributed by atoms with Crippen LogP contribution in [0.4, 0.5) is 11.5 Å². The standard InChI is InChI=1S/C14H15ClN4O/c1-20-14-18-12-8-16-6-5-11(12)13(19-14)17-10-4-2-3-9(15)7-10/h2-4,7,16H,5-6,8H2,1H3,(H,17,18,19). The monoisotopic (exact) mass is 290 g/mol. The lowest BCUT2D eigenvalue weighted by atomic mass is 10.1. The van der Waals surface area contributed by atoms with Crippen molar-refractivity contribution < 1.29 is 4.74 Å². The molecule has 0 spiro atoms. The normalized spacial score (nSPS) is 13.7. The molecule has 0 unspecified atom stereocenters. The van der Waals surface area contributed by atoms with Crippen LogP contribution in [0.2, 0.25) is 5.02 Å². The molecule has 6 heteroatoms. The highest BCUT2D eigenvalue weighted by atomic mass is 35.5. The van der Waals surface area contributed by atoms with E-state index in [1.54, 1.807) is 7.11 Å². The van der Waals surface area contributed by atoms with E-state index in [-0.39, 0.29) is 0 Å². The van der Waals surface area contributed by atoms with Gasteiger partial charge in [-0.2, -0.15) is 9.97 Å². The zero-order valence-corrected chi connectivity index (χ0v) is 11.9. The molecule has 20 heavy (non-hydrogen) atoms. The van der Waals surface area contributed by atoms with Crippen molar-refractivity contribution in [3.63, 3.8) is 0 Å². The Morgan fingerprint density at radius 3 is 3.05 bits per heavy atom. The van der Waals surface area contributed by atoms with E-state index in [0.717, 1.165) is 42.3 Å². The molecule has 2 N–H and O–H groups in total. The van der Waals surface area contributed by atoms with Gasteiger partial charge in [-0.1, -0.05) is 17.7 Å². The Labute approximate surface area is 122 Å². The molecule has 2 aromatic rings. The number of hydrogen-bond donors (Lipinski definition) is 2. The van der Waals surface area contributed by atoms with E-state index in [9.17, 15) is 0 Å². The Balaban J connectivity index is 1.99. The minimum atomic E-state index is 0.372. The number of fused-ring (bicyclic) bond motifs is 1. The molecule has 0 radical (unpaired) electrons. The molecule has 0 amide bonds. The van der Waals surface area contributed by atoms with Gasteiger partial charge in [-0.05, 0) is 31.2 Å². The van der Waals surface area contributed by atoms with Crippen molar-refractivity contribution in [1.29, 1.82) is 0 Å². The number of methoxy groups -OCH3 is 1. The van der Waals surface area contributed by atoms with Gasteiger partial charge in [-0.3, -0.25) is 0 Å². The summed E-state index contributed by atoms with van der Waals surface area (Å²) in [5.74, 6) is 0.788. The lowest BCUT2D eigenvalue weighted by molar-refractivity contribution is 0.376. The van der Waals surface area contributed by atoms with E-state index in [4.69, 9.17) is 16.3 Å². The molecule has 3 rings (SSSR count). The average Bonchev–Trinajstić information content (AvgIpc) is 2.47. The summed E-state index contributed by atoms with van der Waals surface area (Å²) in [6, 6.07) is 7.93. The molecule has 0 bridgehead atoms. The fourth-order valence-electron chi connectivity index (χ4n) is 2.23. The topological polar surface area (TPSA) is 59.1 Å². The van der Waals surface area contributed by atoms with Crippen LogP contribution in [-0.4, -0.2) is 23.6 Å². The number of nitrogens with one attached hydrogen (secondary N) is 2. The molecule has 1 aliphatic heterocycles. The highest BCUT2D eigenvalue weighted by Crippen LogP contribution is 2.26. The fraction of sp³-hybridized carbons (Fsp3) is 0.286. The summed E-state index contributed by atoms with van der Waals surface area (Å²) in [6.07, 6.45) is 0.891. The molecular formula is C14H15ClN4O. The van der Waals surface area contributed by atoms with E-state index in [1.165, 1.54) is 0 Å². The third-order valence-electron chi connectivity index (χ3n) is 3.19. The van der Waals surface area contributed by atoms with Gasteiger partial charge in [0.05, 0.1) is 12.8 Å². The van der Waals surface area contributed by atoms with Crippen LogP contribution in [0.3, 0.4) is 0 Å². The Morgan fingerprint density at radius 1 is 1.35 bits per heavy atom. The van der Waals surface area contributed by atoms with Gasteiger partial charge in [0.25, 0.3) is 0 Å². The molecule has 104 valence electrons. The van der Waals surface area contributed by atoms with Crippen LogP contribution in [0, 0.1) is 0 Å². The number of rotatable bonds is 3. The maximum Gasteiger partial charge on any atom is 0.318 e. The van der Waals surface area contributed by atoms with Gasteiger partial charge in [0.1, 0.15) is 5.82 Å². The smallest absolute Gasteiger partial charge is 0.318 e. The van der Waals surface area contributed by atoms with Crippen LogP contribution in [-0.2, 0) is 13.0 Å². The van der Waals surface area contributed by atoms with Crippen LogP contribution >= 0.6 is 11.6 Å². The predicted octanol–water partition coefficient (Wildman–Crippen LogP) is 2.53. The third kappa shape index (κ3) is 2.69.